The molecule has 2 aromatic carbocycles. The lowest BCUT2D eigenvalue weighted by Crippen LogP contribution is -2.05. The molecule has 0 spiro atoms. The number of pyridine rings is 1. The van der Waals surface area contributed by atoms with E-state index in [1.807, 2.05) is 57.2 Å². The van der Waals surface area contributed by atoms with Crippen LogP contribution in [0.5, 0.6) is 0 Å². The van der Waals surface area contributed by atoms with Crippen molar-refractivity contribution in [3.05, 3.63) is 87.7 Å². The fourth-order valence-electron chi connectivity index (χ4n) is 3.35. The maximum atomic E-state index is 6.34. The summed E-state index contributed by atoms with van der Waals surface area (Å²) in [6, 6.07) is 18.1. The molecule has 0 atom stereocenters. The molecule has 0 radical (unpaired) electrons. The summed E-state index contributed by atoms with van der Waals surface area (Å²) in [6.45, 7) is 12.5. The van der Waals surface area contributed by atoms with Crippen LogP contribution < -0.4 is 0 Å². The van der Waals surface area contributed by atoms with Gasteiger partial charge in [-0.25, -0.2) is 9.98 Å². The summed E-state index contributed by atoms with van der Waals surface area (Å²) in [7, 11) is 0. The van der Waals surface area contributed by atoms with E-state index in [9.17, 15) is 0 Å². The highest BCUT2D eigenvalue weighted by molar-refractivity contribution is 6.33. The van der Waals surface area contributed by atoms with E-state index in [-0.39, 0.29) is 0 Å². The van der Waals surface area contributed by atoms with Gasteiger partial charge >= 0.3 is 0 Å². The molecule has 3 rings (SSSR count). The zero-order valence-electron chi connectivity index (χ0n) is 18.5. The molecule has 0 aliphatic carbocycles. The molecule has 0 saturated heterocycles. The van der Waals surface area contributed by atoms with Gasteiger partial charge in [0.25, 0.3) is 0 Å². The third kappa shape index (κ3) is 4.85. The lowest BCUT2D eigenvalue weighted by molar-refractivity contribution is 0.865. The average Bonchev–Trinajstić information content (AvgIpc) is 2.72. The van der Waals surface area contributed by atoms with Crippen molar-refractivity contribution >= 4 is 34.4 Å². The largest absolute Gasteiger partial charge is 0.251 e. The number of hydrogen-bond acceptors (Lipinski definition) is 3. The smallest absolute Gasteiger partial charge is 0.0849 e. The molecule has 0 amide bonds. The lowest BCUT2D eigenvalue weighted by Gasteiger charge is -2.13. The summed E-state index contributed by atoms with van der Waals surface area (Å²) >= 11 is 6.34. The summed E-state index contributed by atoms with van der Waals surface area (Å²) in [6.07, 6.45) is 0. The van der Waals surface area contributed by atoms with Crippen molar-refractivity contribution in [1.29, 1.82) is 0 Å². The Bertz CT molecular complexity index is 1110. The maximum Gasteiger partial charge on any atom is 0.0849 e. The predicted molar refractivity (Wildman–Crippen MR) is 129 cm³/mol. The minimum atomic E-state index is 0.406. The molecular formula is C26H28ClN3. The van der Waals surface area contributed by atoms with Crippen molar-refractivity contribution in [2.24, 2.45) is 9.98 Å². The second-order valence-corrected chi connectivity index (χ2v) is 8.28. The number of halogens is 1. The van der Waals surface area contributed by atoms with Gasteiger partial charge in [0.2, 0.25) is 0 Å². The van der Waals surface area contributed by atoms with Gasteiger partial charge in [-0.3, -0.25) is 4.99 Å². The molecule has 3 aromatic rings. The van der Waals surface area contributed by atoms with Crippen molar-refractivity contribution in [1.82, 2.24) is 4.98 Å². The summed E-state index contributed by atoms with van der Waals surface area (Å²) in [5.74, 6) is 0.406. The molecule has 0 aliphatic heterocycles. The zero-order chi connectivity index (χ0) is 21.8. The van der Waals surface area contributed by atoms with E-state index in [1.54, 1.807) is 0 Å². The Labute approximate surface area is 184 Å². The molecule has 0 N–H and O–H groups in total. The Balaban J connectivity index is 2.00. The Hall–Kier alpha value is -2.78. The first-order chi connectivity index (χ1) is 14.3. The normalized spacial score (nSPS) is 12.5. The summed E-state index contributed by atoms with van der Waals surface area (Å²) in [4.78, 5) is 14.5. The van der Waals surface area contributed by atoms with Crippen LogP contribution >= 0.6 is 11.6 Å². The standard InChI is InChI=1S/C26H28ClN3/c1-16(2)21-12-7-10-17(3)25(21)28-19(5)23-14-9-15-24(30-23)20(6)29-26-18(4)11-8-13-22(26)27/h7-16H,1-6H3/b28-19+,29-20+. The molecule has 1 aromatic heterocycles. The highest BCUT2D eigenvalue weighted by Crippen LogP contribution is 2.31. The third-order valence-electron chi connectivity index (χ3n) is 5.13. The highest BCUT2D eigenvalue weighted by Gasteiger charge is 2.11. The molecule has 30 heavy (non-hydrogen) atoms. The molecule has 4 heteroatoms. The van der Waals surface area contributed by atoms with Crippen molar-refractivity contribution in [2.45, 2.75) is 47.5 Å². The van der Waals surface area contributed by atoms with E-state index in [0.29, 0.717) is 10.9 Å². The van der Waals surface area contributed by atoms with Gasteiger partial charge in [-0.1, -0.05) is 61.8 Å². The molecule has 154 valence electrons. The van der Waals surface area contributed by atoms with Crippen molar-refractivity contribution in [2.75, 3.05) is 0 Å². The van der Waals surface area contributed by atoms with E-state index in [4.69, 9.17) is 26.6 Å². The van der Waals surface area contributed by atoms with E-state index >= 15 is 0 Å². The third-order valence-corrected chi connectivity index (χ3v) is 5.43. The van der Waals surface area contributed by atoms with Gasteiger partial charge in [0.15, 0.2) is 0 Å². The Morgan fingerprint density at radius 2 is 1.27 bits per heavy atom. The summed E-state index contributed by atoms with van der Waals surface area (Å²) < 4.78 is 0. The molecule has 0 bridgehead atoms. The van der Waals surface area contributed by atoms with Gasteiger partial charge in [0.1, 0.15) is 0 Å². The number of para-hydroxylation sites is 2. The van der Waals surface area contributed by atoms with Crippen molar-refractivity contribution in [3.8, 4) is 0 Å². The van der Waals surface area contributed by atoms with Crippen LogP contribution in [0, 0.1) is 13.8 Å². The topological polar surface area (TPSA) is 37.6 Å². The van der Waals surface area contributed by atoms with Crippen LogP contribution in [-0.2, 0) is 0 Å². The van der Waals surface area contributed by atoms with Crippen LogP contribution in [0.15, 0.2) is 64.6 Å². The number of benzene rings is 2. The van der Waals surface area contributed by atoms with Crippen molar-refractivity contribution in [3.63, 3.8) is 0 Å². The number of nitrogens with zero attached hydrogens (tertiary/aromatic N) is 3. The van der Waals surface area contributed by atoms with E-state index < -0.39 is 0 Å². The maximum absolute atomic E-state index is 6.34. The SMILES string of the molecule is C/C(=N\c1c(C)cccc1Cl)c1cccc(/C(C)=N/c2c(C)cccc2C(C)C)n1. The van der Waals surface area contributed by atoms with Gasteiger partial charge in [-0.05, 0) is 68.5 Å². The lowest BCUT2D eigenvalue weighted by atomic mass is 9.98. The molecule has 3 nitrogen and oxygen atoms in total. The Morgan fingerprint density at radius 1 is 0.767 bits per heavy atom. The van der Waals surface area contributed by atoms with E-state index in [0.717, 1.165) is 39.7 Å². The van der Waals surface area contributed by atoms with Crippen molar-refractivity contribution < 1.29 is 0 Å². The quantitative estimate of drug-likeness (QED) is 0.391. The first-order valence-electron chi connectivity index (χ1n) is 10.2. The number of aliphatic imine (C=N–C) groups is 2. The highest BCUT2D eigenvalue weighted by atomic mass is 35.5. The van der Waals surface area contributed by atoms with Crippen LogP contribution in [0.1, 0.15) is 61.7 Å². The first-order valence-corrected chi connectivity index (χ1v) is 10.6. The van der Waals surface area contributed by atoms with E-state index in [1.165, 1.54) is 11.1 Å². The molecule has 0 saturated carbocycles. The molecule has 0 fully saturated rings. The molecular weight excluding hydrogens is 390 g/mol. The van der Waals surface area contributed by atoms with E-state index in [2.05, 4.69) is 39.0 Å². The van der Waals surface area contributed by atoms with Crippen LogP contribution in [0.4, 0.5) is 11.4 Å². The van der Waals surface area contributed by atoms with Gasteiger partial charge < -0.3 is 0 Å². The minimum Gasteiger partial charge on any atom is -0.251 e. The molecule has 1 heterocycles. The first kappa shape index (κ1) is 21.9. The van der Waals surface area contributed by atoms with Crippen LogP contribution in [0.3, 0.4) is 0 Å². The Morgan fingerprint density at radius 3 is 1.83 bits per heavy atom. The van der Waals surface area contributed by atoms with Crippen LogP contribution in [-0.4, -0.2) is 16.4 Å². The zero-order valence-corrected chi connectivity index (χ0v) is 19.2. The van der Waals surface area contributed by atoms with Crippen LogP contribution in [0.2, 0.25) is 5.02 Å². The number of aromatic nitrogens is 1. The minimum absolute atomic E-state index is 0.406. The monoisotopic (exact) mass is 417 g/mol. The molecule has 0 aliphatic rings. The summed E-state index contributed by atoms with van der Waals surface area (Å²) in [5, 5.41) is 0.643. The fraction of sp³-hybridized carbons (Fsp3) is 0.269. The number of aryl methyl sites for hydroxylation is 2. The van der Waals surface area contributed by atoms with Gasteiger partial charge in [0.05, 0.1) is 39.2 Å². The van der Waals surface area contributed by atoms with Gasteiger partial charge in [-0.2, -0.15) is 0 Å². The van der Waals surface area contributed by atoms with Gasteiger partial charge in [0, 0.05) is 0 Å². The summed E-state index contributed by atoms with van der Waals surface area (Å²) in [5.41, 5.74) is 8.64. The molecule has 0 unspecified atom stereocenters. The Kier molecular flexibility index (Phi) is 6.84. The average molecular weight is 418 g/mol. The number of rotatable bonds is 5. The second-order valence-electron chi connectivity index (χ2n) is 7.88. The van der Waals surface area contributed by atoms with Crippen LogP contribution in [0.25, 0.3) is 0 Å². The number of hydrogen-bond donors (Lipinski definition) is 0. The second kappa shape index (κ2) is 9.36. The predicted octanol–water partition coefficient (Wildman–Crippen LogP) is 7.76. The fourth-order valence-corrected chi connectivity index (χ4v) is 3.62. The van der Waals surface area contributed by atoms with Gasteiger partial charge in [-0.15, -0.1) is 0 Å².